The lowest BCUT2D eigenvalue weighted by molar-refractivity contribution is -0.0500. The highest BCUT2D eigenvalue weighted by atomic mass is 32.2. The Kier molecular flexibility index (Phi) is 3.57. The Bertz CT molecular complexity index is 1440. The van der Waals surface area contributed by atoms with Crippen LogP contribution in [0.5, 0.6) is 5.75 Å². The van der Waals surface area contributed by atoms with Gasteiger partial charge in [-0.15, -0.1) is 0 Å². The van der Waals surface area contributed by atoms with Gasteiger partial charge in [-0.25, -0.2) is 4.98 Å². The Labute approximate surface area is 162 Å². The molecule has 146 valence electrons. The van der Waals surface area contributed by atoms with Gasteiger partial charge in [-0.3, -0.25) is 4.57 Å². The summed E-state index contributed by atoms with van der Waals surface area (Å²) >= 11 is 0. The van der Waals surface area contributed by atoms with Crippen LogP contribution in [0.4, 0.5) is 13.2 Å². The lowest BCUT2D eigenvalue weighted by atomic mass is 10.1. The molecule has 0 aliphatic carbocycles. The lowest BCUT2D eigenvalue weighted by Crippen LogP contribution is -2.28. The Morgan fingerprint density at radius 3 is 2.48 bits per heavy atom. The maximum absolute atomic E-state index is 12.7. The molecule has 29 heavy (non-hydrogen) atoms. The second-order valence-electron chi connectivity index (χ2n) is 6.49. The summed E-state index contributed by atoms with van der Waals surface area (Å²) in [5.74, 6) is 0.162. The second-order valence-corrected chi connectivity index (χ2v) is 8.03. The highest BCUT2D eigenvalue weighted by Gasteiger charge is 2.48. The van der Waals surface area contributed by atoms with Gasteiger partial charge >= 0.3 is 15.6 Å². The van der Waals surface area contributed by atoms with Crippen molar-refractivity contribution in [3.63, 3.8) is 0 Å². The van der Waals surface area contributed by atoms with E-state index in [1.54, 1.807) is 18.3 Å². The minimum atomic E-state index is -5.77. The van der Waals surface area contributed by atoms with Crippen LogP contribution >= 0.6 is 0 Å². The van der Waals surface area contributed by atoms with E-state index in [1.165, 1.54) is 12.1 Å². The average molecular weight is 416 g/mol. The number of rotatable bonds is 2. The Morgan fingerprint density at radius 1 is 0.931 bits per heavy atom. The fraction of sp³-hybridized carbons (Fsp3) is 0.0500. The molecule has 0 amide bonds. The number of hydrogen-bond acceptors (Lipinski definition) is 4. The highest BCUT2D eigenvalue weighted by Crippen LogP contribution is 2.39. The zero-order valence-corrected chi connectivity index (χ0v) is 15.3. The molecule has 0 bridgehead atoms. The van der Waals surface area contributed by atoms with Crippen LogP contribution < -0.4 is 4.18 Å². The standard InChI is InChI=1S/C20H11F3N2O3S/c21-20(22,23)29(26,27)28-14-8-9-15-16-5-1-3-12-6-7-13-4-2-10-24-19(13)25(18(12)16)17(15)11-14/h1-11H. The zero-order chi connectivity index (χ0) is 20.4. The summed E-state index contributed by atoms with van der Waals surface area (Å²) in [6, 6.07) is 13.4. The average Bonchev–Trinajstić information content (AvgIpc) is 2.88. The van der Waals surface area contributed by atoms with Gasteiger partial charge in [0.05, 0.1) is 11.0 Å². The van der Waals surface area contributed by atoms with Gasteiger partial charge in [0.1, 0.15) is 11.6 Å². The van der Waals surface area contributed by atoms with Crippen molar-refractivity contribution in [1.82, 2.24) is 9.55 Å². The van der Waals surface area contributed by atoms with Gasteiger partial charge < -0.3 is 4.18 Å². The number of nitrogens with zero attached hydrogens (tertiary/aromatic N) is 2. The SMILES string of the molecule is O=S(=O)(Oc1ccc2c3cccc4c3n(c2c1)-c1ncccc1C=C4)C(F)(F)F. The molecule has 0 spiro atoms. The van der Waals surface area contributed by atoms with E-state index >= 15 is 0 Å². The molecular formula is C20H11F3N2O3S. The third-order valence-electron chi connectivity index (χ3n) is 4.75. The Balaban J connectivity index is 1.83. The molecule has 0 radical (unpaired) electrons. The van der Waals surface area contributed by atoms with Crippen molar-refractivity contribution in [2.75, 3.05) is 0 Å². The number of alkyl halides is 3. The maximum atomic E-state index is 12.7. The molecule has 0 saturated carbocycles. The van der Waals surface area contributed by atoms with Gasteiger partial charge in [0.2, 0.25) is 0 Å². The van der Waals surface area contributed by atoms with Crippen LogP contribution in [0.1, 0.15) is 11.1 Å². The van der Waals surface area contributed by atoms with Gasteiger partial charge in [0, 0.05) is 28.6 Å². The topological polar surface area (TPSA) is 61.2 Å². The van der Waals surface area contributed by atoms with E-state index in [2.05, 4.69) is 9.17 Å². The van der Waals surface area contributed by atoms with Crippen LogP contribution in [-0.4, -0.2) is 23.5 Å². The summed E-state index contributed by atoms with van der Waals surface area (Å²) in [6.07, 6.45) is 5.47. The molecule has 0 unspecified atom stereocenters. The number of aromatic nitrogens is 2. The number of halogens is 3. The predicted molar refractivity (Wildman–Crippen MR) is 103 cm³/mol. The van der Waals surface area contributed by atoms with Crippen molar-refractivity contribution in [2.24, 2.45) is 0 Å². The Hall–Kier alpha value is -3.33. The summed E-state index contributed by atoms with van der Waals surface area (Å²) in [4.78, 5) is 4.44. The number of pyridine rings is 1. The predicted octanol–water partition coefficient (Wildman–Crippen LogP) is 4.89. The molecule has 3 heterocycles. The molecule has 4 aromatic rings. The first-order valence-electron chi connectivity index (χ1n) is 8.48. The zero-order valence-electron chi connectivity index (χ0n) is 14.5. The van der Waals surface area contributed by atoms with Gasteiger partial charge in [-0.2, -0.15) is 21.6 Å². The fourth-order valence-corrected chi connectivity index (χ4v) is 4.01. The molecule has 0 atom stereocenters. The number of para-hydroxylation sites is 1. The lowest BCUT2D eigenvalue weighted by Gasteiger charge is -2.11. The van der Waals surface area contributed by atoms with Crippen LogP contribution in [0.25, 0.3) is 39.8 Å². The summed E-state index contributed by atoms with van der Waals surface area (Å²) in [6.45, 7) is 0. The molecule has 0 fully saturated rings. The van der Waals surface area contributed by atoms with Crippen LogP contribution in [0.2, 0.25) is 0 Å². The first-order valence-corrected chi connectivity index (χ1v) is 9.88. The van der Waals surface area contributed by atoms with Crippen LogP contribution in [0.15, 0.2) is 54.7 Å². The van der Waals surface area contributed by atoms with Gasteiger partial charge in [0.25, 0.3) is 0 Å². The quantitative estimate of drug-likeness (QED) is 0.304. The summed E-state index contributed by atoms with van der Waals surface area (Å²) in [5, 5.41) is 1.61. The fourth-order valence-electron chi connectivity index (χ4n) is 3.56. The van der Waals surface area contributed by atoms with Gasteiger partial charge in [-0.05, 0) is 29.8 Å². The minimum absolute atomic E-state index is 0.426. The van der Waals surface area contributed by atoms with E-state index in [1.807, 2.05) is 41.0 Å². The minimum Gasteiger partial charge on any atom is -0.376 e. The van der Waals surface area contributed by atoms with E-state index in [4.69, 9.17) is 0 Å². The molecule has 0 saturated heterocycles. The number of hydrogen-bond donors (Lipinski definition) is 0. The molecule has 1 aliphatic heterocycles. The van der Waals surface area contributed by atoms with E-state index in [0.717, 1.165) is 27.4 Å². The van der Waals surface area contributed by atoms with E-state index in [-0.39, 0.29) is 0 Å². The second kappa shape index (κ2) is 5.84. The molecule has 5 rings (SSSR count). The van der Waals surface area contributed by atoms with E-state index in [9.17, 15) is 21.6 Å². The highest BCUT2D eigenvalue weighted by molar-refractivity contribution is 7.88. The smallest absolute Gasteiger partial charge is 0.376 e. The van der Waals surface area contributed by atoms with Crippen molar-refractivity contribution >= 4 is 44.1 Å². The summed E-state index contributed by atoms with van der Waals surface area (Å²) in [7, 11) is -5.77. The van der Waals surface area contributed by atoms with Gasteiger partial charge in [-0.1, -0.05) is 30.4 Å². The van der Waals surface area contributed by atoms with Crippen LogP contribution in [-0.2, 0) is 10.1 Å². The molecule has 2 aromatic carbocycles. The van der Waals surface area contributed by atoms with Crippen LogP contribution in [0.3, 0.4) is 0 Å². The number of fused-ring (bicyclic) bond motifs is 5. The Morgan fingerprint density at radius 2 is 1.69 bits per heavy atom. The molecular weight excluding hydrogens is 405 g/mol. The molecule has 0 N–H and O–H groups in total. The van der Waals surface area contributed by atoms with Gasteiger partial charge in [0.15, 0.2) is 0 Å². The number of benzene rings is 2. The third kappa shape index (κ3) is 2.61. The van der Waals surface area contributed by atoms with Crippen molar-refractivity contribution in [2.45, 2.75) is 5.51 Å². The molecule has 5 nitrogen and oxygen atoms in total. The normalized spacial score (nSPS) is 13.5. The monoisotopic (exact) mass is 416 g/mol. The van der Waals surface area contributed by atoms with E-state index in [0.29, 0.717) is 11.3 Å². The van der Waals surface area contributed by atoms with E-state index < -0.39 is 21.4 Å². The first-order chi connectivity index (χ1) is 13.8. The summed E-state index contributed by atoms with van der Waals surface area (Å²) in [5.41, 5.74) is -2.47. The molecule has 1 aliphatic rings. The first kappa shape index (κ1) is 17.7. The van der Waals surface area contributed by atoms with Crippen molar-refractivity contribution in [3.8, 4) is 11.6 Å². The third-order valence-corrected chi connectivity index (χ3v) is 5.73. The van der Waals surface area contributed by atoms with Crippen molar-refractivity contribution in [3.05, 3.63) is 65.9 Å². The molecule has 9 heteroatoms. The molecule has 2 aromatic heterocycles. The maximum Gasteiger partial charge on any atom is 0.534 e. The van der Waals surface area contributed by atoms with Crippen molar-refractivity contribution < 1.29 is 25.8 Å². The summed E-state index contributed by atoms with van der Waals surface area (Å²) < 4.78 is 67.2. The van der Waals surface area contributed by atoms with Crippen molar-refractivity contribution in [1.29, 1.82) is 0 Å². The van der Waals surface area contributed by atoms with Crippen LogP contribution in [0, 0.1) is 0 Å². The largest absolute Gasteiger partial charge is 0.534 e.